The Morgan fingerprint density at radius 1 is 1.25 bits per heavy atom. The molecule has 3 rings (SSSR count). The van der Waals surface area contributed by atoms with Crippen LogP contribution in [0.4, 0.5) is 5.69 Å². The number of aliphatic hydroxyl groups excluding tert-OH is 1. The molecule has 32 heavy (non-hydrogen) atoms. The second-order valence-electron chi connectivity index (χ2n) is 8.81. The van der Waals surface area contributed by atoms with E-state index >= 15 is 0 Å². The van der Waals surface area contributed by atoms with Gasteiger partial charge in [0.2, 0.25) is 5.91 Å². The predicted octanol–water partition coefficient (Wildman–Crippen LogP) is 2.65. The largest absolute Gasteiger partial charge is 0.488 e. The number of fused-ring (bicyclic) bond motifs is 1. The van der Waals surface area contributed by atoms with E-state index in [1.807, 2.05) is 51.4 Å². The molecule has 1 heterocycles. The van der Waals surface area contributed by atoms with Crippen molar-refractivity contribution in [2.45, 2.75) is 32.4 Å². The van der Waals surface area contributed by atoms with Gasteiger partial charge in [0.1, 0.15) is 11.9 Å². The van der Waals surface area contributed by atoms with Gasteiger partial charge in [-0.3, -0.25) is 9.59 Å². The van der Waals surface area contributed by atoms with Gasteiger partial charge in [-0.15, -0.1) is 0 Å². The number of nitrogens with one attached hydrogen (secondary N) is 1. The third kappa shape index (κ3) is 5.87. The van der Waals surface area contributed by atoms with Gasteiger partial charge in [-0.1, -0.05) is 37.3 Å². The van der Waals surface area contributed by atoms with E-state index in [0.29, 0.717) is 30.1 Å². The molecule has 0 unspecified atom stereocenters. The Labute approximate surface area is 190 Å². The highest BCUT2D eigenvalue weighted by Gasteiger charge is 2.33. The first-order valence-electron chi connectivity index (χ1n) is 11.0. The summed E-state index contributed by atoms with van der Waals surface area (Å²) >= 11 is 0. The van der Waals surface area contributed by atoms with Crippen LogP contribution in [0.15, 0.2) is 48.5 Å². The van der Waals surface area contributed by atoms with Gasteiger partial charge in [0, 0.05) is 24.7 Å². The molecule has 0 aromatic heterocycles. The van der Waals surface area contributed by atoms with Crippen LogP contribution in [0.5, 0.6) is 5.75 Å². The number of hydrogen-bond acceptors (Lipinski definition) is 5. The van der Waals surface area contributed by atoms with Crippen molar-refractivity contribution < 1.29 is 19.4 Å². The van der Waals surface area contributed by atoms with E-state index in [9.17, 15) is 14.7 Å². The van der Waals surface area contributed by atoms with E-state index in [0.717, 1.165) is 5.56 Å². The maximum absolute atomic E-state index is 13.4. The third-order valence-corrected chi connectivity index (χ3v) is 5.70. The molecule has 0 saturated carbocycles. The molecule has 2 N–H and O–H groups in total. The summed E-state index contributed by atoms with van der Waals surface area (Å²) < 4.78 is 6.28. The zero-order valence-corrected chi connectivity index (χ0v) is 19.2. The van der Waals surface area contributed by atoms with Crippen molar-refractivity contribution in [3.05, 3.63) is 59.7 Å². The van der Waals surface area contributed by atoms with Crippen molar-refractivity contribution in [3.63, 3.8) is 0 Å². The minimum atomic E-state index is -0.327. The van der Waals surface area contributed by atoms with Crippen molar-refractivity contribution in [2.24, 2.45) is 5.92 Å². The zero-order chi connectivity index (χ0) is 23.3. The Morgan fingerprint density at radius 3 is 2.62 bits per heavy atom. The lowest BCUT2D eigenvalue weighted by Gasteiger charge is -2.37. The van der Waals surface area contributed by atoms with Crippen LogP contribution in [0.1, 0.15) is 29.8 Å². The number of likely N-dealkylation sites (N-methyl/N-ethyl adjacent to an activating group) is 1. The maximum Gasteiger partial charge on any atom is 0.258 e. The molecule has 3 atom stereocenters. The third-order valence-electron chi connectivity index (χ3n) is 5.70. The molecule has 1 aliphatic rings. The van der Waals surface area contributed by atoms with Crippen molar-refractivity contribution in [2.75, 3.05) is 39.1 Å². The van der Waals surface area contributed by atoms with Crippen molar-refractivity contribution in [1.29, 1.82) is 0 Å². The van der Waals surface area contributed by atoms with Crippen LogP contribution in [0, 0.1) is 5.92 Å². The molecule has 7 heteroatoms. The number of benzene rings is 2. The second-order valence-corrected chi connectivity index (χ2v) is 8.81. The van der Waals surface area contributed by atoms with E-state index in [4.69, 9.17) is 4.74 Å². The van der Waals surface area contributed by atoms with Crippen molar-refractivity contribution in [3.8, 4) is 5.75 Å². The summed E-state index contributed by atoms with van der Waals surface area (Å²) in [6.07, 6.45) is 0.127. The SMILES string of the molecule is C[C@@H]1CN([C@@H](C)CO)C(=O)c2cc(NC(=O)Cc3ccccc3)ccc2O[C@H]1CN(C)C. The number of carbonyl (C=O) groups is 2. The number of nitrogens with zero attached hydrogens (tertiary/aromatic N) is 2. The van der Waals surface area contributed by atoms with E-state index in [-0.39, 0.29) is 42.9 Å². The summed E-state index contributed by atoms with van der Waals surface area (Å²) in [4.78, 5) is 29.7. The Balaban J connectivity index is 1.89. The van der Waals surface area contributed by atoms with Crippen LogP contribution >= 0.6 is 0 Å². The topological polar surface area (TPSA) is 82.1 Å². The van der Waals surface area contributed by atoms with Gasteiger partial charge in [-0.05, 0) is 44.8 Å². The predicted molar refractivity (Wildman–Crippen MR) is 125 cm³/mol. The molecule has 2 aromatic rings. The Morgan fingerprint density at radius 2 is 1.97 bits per heavy atom. The fraction of sp³-hybridized carbons (Fsp3) is 0.440. The van der Waals surface area contributed by atoms with Gasteiger partial charge < -0.3 is 25.0 Å². The number of rotatable bonds is 7. The van der Waals surface area contributed by atoms with Gasteiger partial charge >= 0.3 is 0 Å². The monoisotopic (exact) mass is 439 g/mol. The number of aliphatic hydroxyl groups is 1. The van der Waals surface area contributed by atoms with Crippen molar-refractivity contribution >= 4 is 17.5 Å². The zero-order valence-electron chi connectivity index (χ0n) is 19.2. The summed E-state index contributed by atoms with van der Waals surface area (Å²) in [6.45, 7) is 4.94. The average molecular weight is 440 g/mol. The molecule has 1 aliphatic heterocycles. The summed E-state index contributed by atoms with van der Waals surface area (Å²) in [5.74, 6) is 0.198. The molecule has 7 nitrogen and oxygen atoms in total. The second kappa shape index (κ2) is 10.6. The molecular formula is C25H33N3O4. The highest BCUT2D eigenvalue weighted by molar-refractivity contribution is 6.00. The number of amides is 2. The summed E-state index contributed by atoms with van der Waals surface area (Å²) in [7, 11) is 3.97. The molecule has 2 amide bonds. The molecule has 0 spiro atoms. The van der Waals surface area contributed by atoms with E-state index < -0.39 is 0 Å². The Bertz CT molecular complexity index is 932. The van der Waals surface area contributed by atoms with E-state index in [1.165, 1.54) is 0 Å². The highest BCUT2D eigenvalue weighted by atomic mass is 16.5. The van der Waals surface area contributed by atoms with Crippen molar-refractivity contribution in [1.82, 2.24) is 9.80 Å². The molecule has 0 radical (unpaired) electrons. The standard InChI is InChI=1S/C25H33N3O4/c1-17-14-28(18(2)16-29)25(31)21-13-20(10-11-22(21)32-23(17)15-27(3)4)26-24(30)12-19-8-6-5-7-9-19/h5-11,13,17-18,23,29H,12,14-16H2,1-4H3,(H,26,30)/t17-,18+,23+/m1/s1. The lowest BCUT2D eigenvalue weighted by Crippen LogP contribution is -2.49. The Kier molecular flexibility index (Phi) is 7.88. The normalized spacial score (nSPS) is 19.6. The van der Waals surface area contributed by atoms with Crippen LogP contribution in [-0.2, 0) is 11.2 Å². The lowest BCUT2D eigenvalue weighted by atomic mass is 9.99. The van der Waals surface area contributed by atoms with Gasteiger partial charge in [0.25, 0.3) is 5.91 Å². The first kappa shape index (κ1) is 23.8. The van der Waals surface area contributed by atoms with E-state index in [1.54, 1.807) is 23.1 Å². The summed E-state index contributed by atoms with van der Waals surface area (Å²) in [6, 6.07) is 14.3. The molecule has 0 aliphatic carbocycles. The molecule has 172 valence electrons. The fourth-order valence-corrected chi connectivity index (χ4v) is 3.86. The average Bonchev–Trinajstić information content (AvgIpc) is 2.76. The fourth-order valence-electron chi connectivity index (χ4n) is 3.86. The summed E-state index contributed by atoms with van der Waals surface area (Å²) in [5.41, 5.74) is 1.84. The van der Waals surface area contributed by atoms with Gasteiger partial charge in [0.05, 0.1) is 24.6 Å². The van der Waals surface area contributed by atoms with Crippen LogP contribution in [0.3, 0.4) is 0 Å². The number of anilines is 1. The minimum Gasteiger partial charge on any atom is -0.488 e. The molecule has 0 fully saturated rings. The van der Waals surface area contributed by atoms with Crippen LogP contribution < -0.4 is 10.1 Å². The lowest BCUT2D eigenvalue weighted by molar-refractivity contribution is -0.115. The molecule has 0 bridgehead atoms. The maximum atomic E-state index is 13.4. The van der Waals surface area contributed by atoms with Crippen LogP contribution in [-0.4, -0.2) is 72.7 Å². The van der Waals surface area contributed by atoms with E-state index in [2.05, 4.69) is 17.1 Å². The van der Waals surface area contributed by atoms with Gasteiger partial charge in [-0.2, -0.15) is 0 Å². The summed E-state index contributed by atoms with van der Waals surface area (Å²) in [5, 5.41) is 12.6. The van der Waals surface area contributed by atoms with Gasteiger partial charge in [0.15, 0.2) is 0 Å². The number of carbonyl (C=O) groups excluding carboxylic acids is 2. The molecule has 0 saturated heterocycles. The van der Waals surface area contributed by atoms with Crippen LogP contribution in [0.25, 0.3) is 0 Å². The number of ether oxygens (including phenoxy) is 1. The molecule has 2 aromatic carbocycles. The van der Waals surface area contributed by atoms with Gasteiger partial charge in [-0.25, -0.2) is 0 Å². The first-order chi connectivity index (χ1) is 15.3. The quantitative estimate of drug-likeness (QED) is 0.693. The number of hydrogen-bond donors (Lipinski definition) is 2. The molecular weight excluding hydrogens is 406 g/mol. The van der Waals surface area contributed by atoms with Crippen LogP contribution in [0.2, 0.25) is 0 Å². The smallest absolute Gasteiger partial charge is 0.258 e. The first-order valence-corrected chi connectivity index (χ1v) is 11.0. The highest BCUT2D eigenvalue weighted by Crippen LogP contribution is 2.30. The Hall–Kier alpha value is -2.90. The minimum absolute atomic E-state index is 0.0775.